The fourth-order valence-electron chi connectivity index (χ4n) is 3.95. The van der Waals surface area contributed by atoms with E-state index in [-0.39, 0.29) is 6.04 Å². The first-order valence-electron chi connectivity index (χ1n) is 8.45. The highest BCUT2D eigenvalue weighted by Gasteiger charge is 2.42. The molecule has 3 heterocycles. The number of urea groups is 1. The maximum Gasteiger partial charge on any atom is 0.324 e. The Bertz CT molecular complexity index is 880. The average molecular weight is 391 g/mol. The van der Waals surface area contributed by atoms with Crippen LogP contribution in [0.25, 0.3) is 0 Å². The molecule has 26 heavy (non-hydrogen) atoms. The van der Waals surface area contributed by atoms with Crippen LogP contribution in [-0.4, -0.2) is 29.9 Å². The topological polar surface area (TPSA) is 87.5 Å². The van der Waals surface area contributed by atoms with Crippen LogP contribution in [0.3, 0.4) is 0 Å². The minimum absolute atomic E-state index is 0.206. The summed E-state index contributed by atoms with van der Waals surface area (Å²) in [4.78, 5) is 28.0. The van der Waals surface area contributed by atoms with Crippen molar-refractivity contribution in [2.24, 2.45) is 5.73 Å². The molecule has 2 aliphatic heterocycles. The summed E-state index contributed by atoms with van der Waals surface area (Å²) in [6.07, 6.45) is 3.04. The number of halogens is 1. The van der Waals surface area contributed by atoms with Gasteiger partial charge in [-0.2, -0.15) is 0 Å². The normalized spacial score (nSPS) is 21.3. The van der Waals surface area contributed by atoms with Crippen molar-refractivity contribution < 1.29 is 9.59 Å². The van der Waals surface area contributed by atoms with Gasteiger partial charge in [-0.1, -0.05) is 11.6 Å². The second kappa shape index (κ2) is 6.57. The van der Waals surface area contributed by atoms with Gasteiger partial charge in [-0.05, 0) is 56.1 Å². The Morgan fingerprint density at radius 2 is 1.96 bits per heavy atom. The van der Waals surface area contributed by atoms with Crippen LogP contribution in [0.4, 0.5) is 15.5 Å². The molecule has 2 aliphatic rings. The van der Waals surface area contributed by atoms with E-state index in [0.29, 0.717) is 27.3 Å². The summed E-state index contributed by atoms with van der Waals surface area (Å²) in [6, 6.07) is 7.12. The van der Waals surface area contributed by atoms with Crippen molar-refractivity contribution in [1.82, 2.24) is 4.90 Å². The van der Waals surface area contributed by atoms with Crippen molar-refractivity contribution in [1.29, 1.82) is 0 Å². The van der Waals surface area contributed by atoms with Crippen LogP contribution in [0, 0.1) is 0 Å². The Morgan fingerprint density at radius 1 is 1.23 bits per heavy atom. The number of amides is 3. The molecule has 136 valence electrons. The molecule has 8 heteroatoms. The molecule has 1 aromatic heterocycles. The zero-order valence-electron chi connectivity index (χ0n) is 14.2. The Balaban J connectivity index is 1.60. The third-order valence-electron chi connectivity index (χ3n) is 5.19. The molecule has 2 bridgehead atoms. The molecule has 1 saturated heterocycles. The van der Waals surface area contributed by atoms with Crippen LogP contribution in [0.2, 0.25) is 5.02 Å². The van der Waals surface area contributed by atoms with Gasteiger partial charge in [0.2, 0.25) is 0 Å². The maximum absolute atomic E-state index is 12.4. The lowest BCUT2D eigenvalue weighted by molar-refractivity contribution is 0.0997. The first-order valence-corrected chi connectivity index (χ1v) is 9.64. The molecule has 4 rings (SSSR count). The molecule has 6 nitrogen and oxygen atoms in total. The number of nitrogens with one attached hydrogen (secondary N) is 2. The van der Waals surface area contributed by atoms with Crippen LogP contribution in [-0.2, 0) is 6.42 Å². The minimum atomic E-state index is -0.497. The number of nitrogens with two attached hydrogens (primary N) is 1. The first kappa shape index (κ1) is 17.3. The Kier molecular flexibility index (Phi) is 4.38. The average Bonchev–Trinajstić information content (AvgIpc) is 3.05. The van der Waals surface area contributed by atoms with Crippen LogP contribution in [0.5, 0.6) is 0 Å². The highest BCUT2D eigenvalue weighted by atomic mass is 35.5. The molecule has 0 aliphatic carbocycles. The molecule has 3 amide bonds. The summed E-state index contributed by atoms with van der Waals surface area (Å²) in [5.74, 6) is -0.497. The van der Waals surface area contributed by atoms with Crippen molar-refractivity contribution in [3.8, 4) is 0 Å². The number of likely N-dealkylation sites (N-methyl/N-ethyl adjacent to an activating group) is 1. The van der Waals surface area contributed by atoms with Gasteiger partial charge in [-0.25, -0.2) is 4.79 Å². The van der Waals surface area contributed by atoms with Crippen molar-refractivity contribution in [3.05, 3.63) is 45.3 Å². The van der Waals surface area contributed by atoms with Crippen LogP contribution >= 0.6 is 22.9 Å². The molecule has 0 saturated carbocycles. The van der Waals surface area contributed by atoms with Crippen molar-refractivity contribution in [3.63, 3.8) is 0 Å². The zero-order valence-corrected chi connectivity index (χ0v) is 15.8. The quantitative estimate of drug-likeness (QED) is 0.744. The van der Waals surface area contributed by atoms with Gasteiger partial charge in [-0.15, -0.1) is 11.3 Å². The fourth-order valence-corrected chi connectivity index (χ4v) is 5.40. The molecule has 0 spiro atoms. The lowest BCUT2D eigenvalue weighted by Crippen LogP contribution is -2.34. The number of nitrogens with zero attached hydrogens (tertiary/aromatic N) is 1. The van der Waals surface area contributed by atoms with Crippen molar-refractivity contribution in [2.45, 2.75) is 31.3 Å². The Hall–Kier alpha value is -2.09. The third-order valence-corrected chi connectivity index (χ3v) is 6.59. The number of primary amides is 1. The second-order valence-corrected chi connectivity index (χ2v) is 8.25. The lowest BCUT2D eigenvalue weighted by Gasteiger charge is -2.31. The van der Waals surface area contributed by atoms with E-state index in [9.17, 15) is 9.59 Å². The van der Waals surface area contributed by atoms with E-state index in [1.807, 2.05) is 0 Å². The molecule has 2 aromatic rings. The van der Waals surface area contributed by atoms with Crippen molar-refractivity contribution >= 4 is 45.6 Å². The van der Waals surface area contributed by atoms with Gasteiger partial charge < -0.3 is 11.1 Å². The monoisotopic (exact) mass is 390 g/mol. The SMILES string of the molecule is CN1[C@@H]2CC[C@H]1c1c(sc(NC(=O)Nc3ccc(Cl)cc3)c1C(N)=O)C2. The summed E-state index contributed by atoms with van der Waals surface area (Å²) in [5.41, 5.74) is 7.74. The molecule has 2 atom stereocenters. The third kappa shape index (κ3) is 2.96. The van der Waals surface area contributed by atoms with Gasteiger partial charge in [-0.3, -0.25) is 15.0 Å². The summed E-state index contributed by atoms with van der Waals surface area (Å²) in [6.45, 7) is 0. The Labute approximate surface area is 160 Å². The number of thiophene rings is 1. The highest BCUT2D eigenvalue weighted by Crippen LogP contribution is 2.49. The standard InChI is InChI=1S/C18H19ClN4O2S/c1-23-11-6-7-12(23)14-13(8-11)26-17(15(14)16(20)24)22-18(25)21-10-4-2-9(19)3-5-10/h2-5,11-12H,6-8H2,1H3,(H2,20,24)(H2,21,22,25)/t11-,12+/m1/s1. The van der Waals surface area contributed by atoms with Crippen molar-refractivity contribution in [2.75, 3.05) is 17.7 Å². The van der Waals surface area contributed by atoms with Crippen LogP contribution in [0.1, 0.15) is 39.7 Å². The second-order valence-electron chi connectivity index (χ2n) is 6.71. The number of rotatable bonds is 3. The highest BCUT2D eigenvalue weighted by molar-refractivity contribution is 7.17. The van der Waals surface area contributed by atoms with Crippen LogP contribution < -0.4 is 16.4 Å². The summed E-state index contributed by atoms with van der Waals surface area (Å²) < 4.78 is 0. The van der Waals surface area contributed by atoms with Gasteiger partial charge in [0, 0.05) is 27.7 Å². The number of anilines is 2. The van der Waals surface area contributed by atoms with E-state index in [4.69, 9.17) is 17.3 Å². The van der Waals surface area contributed by atoms with E-state index in [0.717, 1.165) is 29.7 Å². The predicted molar refractivity (Wildman–Crippen MR) is 104 cm³/mol. The largest absolute Gasteiger partial charge is 0.365 e. The minimum Gasteiger partial charge on any atom is -0.365 e. The number of hydrogen-bond donors (Lipinski definition) is 3. The van der Waals surface area contributed by atoms with E-state index < -0.39 is 11.9 Å². The van der Waals surface area contributed by atoms with E-state index in [2.05, 4.69) is 22.6 Å². The lowest BCUT2D eigenvalue weighted by atomic mass is 9.97. The summed E-state index contributed by atoms with van der Waals surface area (Å²) >= 11 is 7.31. The van der Waals surface area contributed by atoms with E-state index in [1.54, 1.807) is 24.3 Å². The smallest absolute Gasteiger partial charge is 0.324 e. The van der Waals surface area contributed by atoms with Gasteiger partial charge in [0.25, 0.3) is 5.91 Å². The van der Waals surface area contributed by atoms with Gasteiger partial charge in [0.05, 0.1) is 5.56 Å². The number of fused-ring (bicyclic) bond motifs is 4. The molecule has 1 fully saturated rings. The fraction of sp³-hybridized carbons (Fsp3) is 0.333. The zero-order chi connectivity index (χ0) is 18.4. The number of benzene rings is 1. The Morgan fingerprint density at radius 3 is 2.65 bits per heavy atom. The van der Waals surface area contributed by atoms with Crippen LogP contribution in [0.15, 0.2) is 24.3 Å². The number of carbonyl (C=O) groups excluding carboxylic acids is 2. The first-order chi connectivity index (χ1) is 12.4. The number of hydrogen-bond acceptors (Lipinski definition) is 4. The van der Waals surface area contributed by atoms with E-state index in [1.165, 1.54) is 11.3 Å². The molecule has 1 aromatic carbocycles. The molecule has 0 radical (unpaired) electrons. The molecular weight excluding hydrogens is 372 g/mol. The maximum atomic E-state index is 12.4. The molecule has 0 unspecified atom stereocenters. The predicted octanol–water partition coefficient (Wildman–Crippen LogP) is 3.84. The molecular formula is C18H19ClN4O2S. The number of carbonyl (C=O) groups is 2. The molecule has 4 N–H and O–H groups in total. The van der Waals surface area contributed by atoms with E-state index >= 15 is 0 Å². The van der Waals surface area contributed by atoms with Gasteiger partial charge >= 0.3 is 6.03 Å². The summed E-state index contributed by atoms with van der Waals surface area (Å²) in [7, 11) is 2.09. The summed E-state index contributed by atoms with van der Waals surface area (Å²) in [5, 5.41) is 6.66. The van der Waals surface area contributed by atoms with Gasteiger partial charge in [0.15, 0.2) is 0 Å². The van der Waals surface area contributed by atoms with Gasteiger partial charge in [0.1, 0.15) is 5.00 Å².